The molecule has 160 valence electrons. The van der Waals surface area contributed by atoms with Crippen molar-refractivity contribution in [3.05, 3.63) is 40.9 Å². The van der Waals surface area contributed by atoms with Gasteiger partial charge in [0.2, 0.25) is 5.91 Å². The highest BCUT2D eigenvalue weighted by atomic mass is 32.1. The summed E-state index contributed by atoms with van der Waals surface area (Å²) in [5, 5.41) is 2.73. The third-order valence-corrected chi connectivity index (χ3v) is 7.09. The van der Waals surface area contributed by atoms with E-state index < -0.39 is 0 Å². The van der Waals surface area contributed by atoms with Crippen LogP contribution >= 0.6 is 11.3 Å². The number of amides is 2. The SMILES string of the molecule is Cc1ccc(-c2nc(C(=O)N3CCN(C(C)C(=O)N4CCCCC4)CC3)cs2)cc1. The first-order chi connectivity index (χ1) is 14.5. The van der Waals surface area contributed by atoms with Gasteiger partial charge in [0.1, 0.15) is 10.7 Å². The van der Waals surface area contributed by atoms with E-state index in [1.54, 1.807) is 0 Å². The fourth-order valence-electron chi connectivity index (χ4n) is 4.21. The molecule has 2 saturated heterocycles. The smallest absolute Gasteiger partial charge is 0.273 e. The standard InChI is InChI=1S/C23H30N4O2S/c1-17-6-8-19(9-7-17)21-24-20(16-30-21)23(29)27-14-12-25(13-15-27)18(2)22(28)26-10-4-3-5-11-26/h6-9,16,18H,3-5,10-15H2,1-2H3. The molecule has 4 rings (SSSR count). The van der Waals surface area contributed by atoms with E-state index in [0.29, 0.717) is 18.8 Å². The van der Waals surface area contributed by atoms with Crippen molar-refractivity contribution in [3.8, 4) is 10.6 Å². The van der Waals surface area contributed by atoms with Gasteiger partial charge < -0.3 is 9.80 Å². The number of carbonyl (C=O) groups is 2. The number of likely N-dealkylation sites (tertiary alicyclic amines) is 1. The Balaban J connectivity index is 1.33. The number of aromatic nitrogens is 1. The maximum atomic E-state index is 12.9. The quantitative estimate of drug-likeness (QED) is 0.753. The molecule has 0 spiro atoms. The number of piperazine rings is 1. The zero-order valence-corrected chi connectivity index (χ0v) is 18.7. The number of carbonyl (C=O) groups excluding carboxylic acids is 2. The second-order valence-electron chi connectivity index (χ2n) is 8.29. The minimum atomic E-state index is -0.118. The summed E-state index contributed by atoms with van der Waals surface area (Å²) in [6.07, 6.45) is 3.44. The molecule has 3 heterocycles. The Morgan fingerprint density at radius 1 is 0.933 bits per heavy atom. The first-order valence-electron chi connectivity index (χ1n) is 10.9. The molecule has 2 fully saturated rings. The van der Waals surface area contributed by atoms with Crippen molar-refractivity contribution in [1.29, 1.82) is 0 Å². The van der Waals surface area contributed by atoms with Crippen LogP contribution in [0.5, 0.6) is 0 Å². The van der Waals surface area contributed by atoms with E-state index in [1.165, 1.54) is 23.3 Å². The summed E-state index contributed by atoms with van der Waals surface area (Å²) >= 11 is 1.51. The van der Waals surface area contributed by atoms with Gasteiger partial charge in [-0.25, -0.2) is 4.98 Å². The maximum absolute atomic E-state index is 12.9. The van der Waals surface area contributed by atoms with Crippen LogP contribution in [0.15, 0.2) is 29.6 Å². The van der Waals surface area contributed by atoms with Gasteiger partial charge in [-0.1, -0.05) is 29.8 Å². The lowest BCUT2D eigenvalue weighted by Gasteiger charge is -2.39. The minimum absolute atomic E-state index is 0.0146. The number of thiazole rings is 1. The minimum Gasteiger partial charge on any atom is -0.341 e. The van der Waals surface area contributed by atoms with Crippen LogP contribution in [-0.2, 0) is 4.79 Å². The lowest BCUT2D eigenvalue weighted by molar-refractivity contribution is -0.137. The van der Waals surface area contributed by atoms with E-state index in [9.17, 15) is 9.59 Å². The van der Waals surface area contributed by atoms with Gasteiger partial charge in [-0.15, -0.1) is 11.3 Å². The summed E-state index contributed by atoms with van der Waals surface area (Å²) in [5.74, 6) is 0.219. The molecule has 0 aliphatic carbocycles. The largest absolute Gasteiger partial charge is 0.341 e. The third kappa shape index (κ3) is 4.57. The second-order valence-corrected chi connectivity index (χ2v) is 9.15. The summed E-state index contributed by atoms with van der Waals surface area (Å²) in [4.78, 5) is 36.4. The summed E-state index contributed by atoms with van der Waals surface area (Å²) < 4.78 is 0. The van der Waals surface area contributed by atoms with E-state index in [0.717, 1.165) is 49.6 Å². The number of rotatable bonds is 4. The Morgan fingerprint density at radius 2 is 1.60 bits per heavy atom. The van der Waals surface area contributed by atoms with Gasteiger partial charge in [-0.3, -0.25) is 14.5 Å². The molecule has 2 aromatic rings. The Labute approximate surface area is 182 Å². The molecule has 2 aliphatic heterocycles. The van der Waals surface area contributed by atoms with Crippen LogP contribution in [0, 0.1) is 6.92 Å². The number of aryl methyl sites for hydroxylation is 1. The van der Waals surface area contributed by atoms with Crippen molar-refractivity contribution in [1.82, 2.24) is 19.7 Å². The molecule has 0 radical (unpaired) electrons. The average Bonchev–Trinajstić information content (AvgIpc) is 3.29. The molecule has 7 heteroatoms. The molecule has 1 unspecified atom stereocenters. The van der Waals surface area contributed by atoms with E-state index in [-0.39, 0.29) is 17.9 Å². The fourth-order valence-corrected chi connectivity index (χ4v) is 5.01. The third-order valence-electron chi connectivity index (χ3n) is 6.20. The summed E-state index contributed by atoms with van der Waals surface area (Å²) in [7, 11) is 0. The Morgan fingerprint density at radius 3 is 2.27 bits per heavy atom. The van der Waals surface area contributed by atoms with Gasteiger partial charge in [0, 0.05) is 50.2 Å². The lowest BCUT2D eigenvalue weighted by atomic mass is 10.1. The average molecular weight is 427 g/mol. The molecule has 30 heavy (non-hydrogen) atoms. The molecule has 1 aromatic carbocycles. The molecule has 1 atom stereocenters. The van der Waals surface area contributed by atoms with E-state index in [2.05, 4.69) is 28.9 Å². The van der Waals surface area contributed by atoms with Gasteiger partial charge in [-0.05, 0) is 33.1 Å². The molecule has 0 N–H and O–H groups in total. The van der Waals surface area contributed by atoms with E-state index in [1.807, 2.05) is 34.2 Å². The second kappa shape index (κ2) is 9.27. The van der Waals surface area contributed by atoms with Gasteiger partial charge in [0.05, 0.1) is 6.04 Å². The Hall–Kier alpha value is -2.25. The normalized spacial score (nSPS) is 19.0. The van der Waals surface area contributed by atoms with E-state index >= 15 is 0 Å². The van der Waals surface area contributed by atoms with Crippen LogP contribution in [0.1, 0.15) is 42.2 Å². The Kier molecular flexibility index (Phi) is 6.49. The molecule has 0 bridgehead atoms. The summed E-state index contributed by atoms with van der Waals surface area (Å²) in [6, 6.07) is 8.09. The van der Waals surface area contributed by atoms with Crippen LogP contribution in [0.2, 0.25) is 0 Å². The monoisotopic (exact) mass is 426 g/mol. The number of nitrogens with zero attached hydrogens (tertiary/aromatic N) is 4. The Bertz CT molecular complexity index is 881. The highest BCUT2D eigenvalue weighted by Crippen LogP contribution is 2.25. The van der Waals surface area contributed by atoms with Gasteiger partial charge in [0.15, 0.2) is 0 Å². The highest BCUT2D eigenvalue weighted by Gasteiger charge is 2.31. The van der Waals surface area contributed by atoms with Crippen molar-refractivity contribution >= 4 is 23.2 Å². The van der Waals surface area contributed by atoms with Crippen molar-refractivity contribution in [3.63, 3.8) is 0 Å². The van der Waals surface area contributed by atoms with Crippen LogP contribution in [0.25, 0.3) is 10.6 Å². The molecule has 1 aromatic heterocycles. The molecule has 6 nitrogen and oxygen atoms in total. The number of hydrogen-bond acceptors (Lipinski definition) is 5. The fraction of sp³-hybridized carbons (Fsp3) is 0.522. The van der Waals surface area contributed by atoms with Crippen LogP contribution in [0.4, 0.5) is 0 Å². The predicted octanol–water partition coefficient (Wildman–Crippen LogP) is 3.28. The zero-order chi connectivity index (χ0) is 21.1. The number of benzene rings is 1. The number of hydrogen-bond donors (Lipinski definition) is 0. The number of piperidine rings is 1. The summed E-state index contributed by atoms with van der Waals surface area (Å²) in [6.45, 7) is 8.54. The van der Waals surface area contributed by atoms with Gasteiger partial charge >= 0.3 is 0 Å². The van der Waals surface area contributed by atoms with Crippen LogP contribution < -0.4 is 0 Å². The molecule has 2 aliphatic rings. The first-order valence-corrected chi connectivity index (χ1v) is 11.8. The van der Waals surface area contributed by atoms with Crippen LogP contribution in [-0.4, -0.2) is 76.8 Å². The highest BCUT2D eigenvalue weighted by molar-refractivity contribution is 7.13. The van der Waals surface area contributed by atoms with Crippen molar-refractivity contribution in [2.75, 3.05) is 39.3 Å². The van der Waals surface area contributed by atoms with Crippen LogP contribution in [0.3, 0.4) is 0 Å². The van der Waals surface area contributed by atoms with Gasteiger partial charge in [-0.2, -0.15) is 0 Å². The predicted molar refractivity (Wildman–Crippen MR) is 120 cm³/mol. The van der Waals surface area contributed by atoms with Gasteiger partial charge in [0.25, 0.3) is 5.91 Å². The molecule has 2 amide bonds. The summed E-state index contributed by atoms with van der Waals surface area (Å²) in [5.41, 5.74) is 2.76. The maximum Gasteiger partial charge on any atom is 0.273 e. The lowest BCUT2D eigenvalue weighted by Crippen LogP contribution is -2.56. The van der Waals surface area contributed by atoms with Crippen molar-refractivity contribution in [2.45, 2.75) is 39.2 Å². The first kappa shape index (κ1) is 21.0. The van der Waals surface area contributed by atoms with E-state index in [4.69, 9.17) is 0 Å². The zero-order valence-electron chi connectivity index (χ0n) is 17.8. The van der Waals surface area contributed by atoms with Crippen molar-refractivity contribution in [2.24, 2.45) is 0 Å². The molecular weight excluding hydrogens is 396 g/mol. The molecule has 0 saturated carbocycles. The molecular formula is C23H30N4O2S. The topological polar surface area (TPSA) is 56.8 Å². The van der Waals surface area contributed by atoms with Crippen molar-refractivity contribution < 1.29 is 9.59 Å².